The lowest BCUT2D eigenvalue weighted by Gasteiger charge is -2.39. The van der Waals surface area contributed by atoms with Gasteiger partial charge in [-0.25, -0.2) is 9.13 Å². The molecular weight excluding hydrogens is 558 g/mol. The zero-order valence-corrected chi connectivity index (χ0v) is 20.5. The van der Waals surface area contributed by atoms with Gasteiger partial charge < -0.3 is 49.9 Å². The summed E-state index contributed by atoms with van der Waals surface area (Å²) in [6.45, 7) is -1.84. The van der Waals surface area contributed by atoms with Gasteiger partial charge in [0.1, 0.15) is 42.7 Å². The normalized spacial score (nSPS) is 38.4. The predicted molar refractivity (Wildman–Crippen MR) is 113 cm³/mol. The standard InChI is InChI=1S/C15H24N2O16P2S/c18-3-5-8(20)10(22)12(24)14(31-5)32-35(27,28)33-34(25,26)29-4-6-9(21)11(23)13(30-6)17-2-1-7(19)16-15(17)36/h1-2,5-6,8-14,18,20-24H,3-4H2,(H,25,26)(H,27,28)(H,16,19,36)/t5-,6-,8-,9-,10+,11-,12-,13-,14-/m1/s1. The zero-order chi connectivity index (χ0) is 27.0. The van der Waals surface area contributed by atoms with Gasteiger partial charge in [0.2, 0.25) is 0 Å². The Bertz CT molecular complexity index is 1130. The van der Waals surface area contributed by atoms with E-state index in [0.29, 0.717) is 0 Å². The highest BCUT2D eigenvalue weighted by atomic mass is 32.1. The second kappa shape index (κ2) is 11.4. The van der Waals surface area contributed by atoms with E-state index in [1.54, 1.807) is 0 Å². The number of aliphatic hydroxyl groups excluding tert-OH is 6. The molecule has 0 amide bonds. The second-order valence-corrected chi connectivity index (χ2v) is 11.1. The largest absolute Gasteiger partial charge is 0.483 e. The van der Waals surface area contributed by atoms with Crippen molar-refractivity contribution in [2.24, 2.45) is 0 Å². The highest BCUT2D eigenvalue weighted by molar-refractivity contribution is 7.71. The molecule has 11 atom stereocenters. The summed E-state index contributed by atoms with van der Waals surface area (Å²) >= 11 is 4.95. The average Bonchev–Trinajstić information content (AvgIpc) is 3.06. The van der Waals surface area contributed by atoms with E-state index in [1.807, 2.05) is 0 Å². The number of phosphoric ester groups is 2. The minimum atomic E-state index is -5.56. The molecule has 18 nitrogen and oxygen atoms in total. The van der Waals surface area contributed by atoms with Crippen LogP contribution < -0.4 is 5.56 Å². The summed E-state index contributed by atoms with van der Waals surface area (Å²) < 4.78 is 48.6. The van der Waals surface area contributed by atoms with Gasteiger partial charge in [0, 0.05) is 12.3 Å². The van der Waals surface area contributed by atoms with Gasteiger partial charge in [-0.15, -0.1) is 0 Å². The van der Waals surface area contributed by atoms with Crippen LogP contribution in [0.5, 0.6) is 0 Å². The third-order valence-corrected chi connectivity index (χ3v) is 8.07. The van der Waals surface area contributed by atoms with E-state index in [1.165, 1.54) is 6.20 Å². The van der Waals surface area contributed by atoms with Crippen molar-refractivity contribution in [2.75, 3.05) is 13.2 Å². The maximum Gasteiger partial charge on any atom is 0.483 e. The van der Waals surface area contributed by atoms with Crippen molar-refractivity contribution in [3.63, 3.8) is 0 Å². The minimum absolute atomic E-state index is 0.164. The first-order chi connectivity index (χ1) is 16.7. The van der Waals surface area contributed by atoms with Crippen LogP contribution in [0.25, 0.3) is 0 Å². The first-order valence-electron chi connectivity index (χ1n) is 9.99. The fraction of sp³-hybridized carbons (Fsp3) is 0.733. The molecule has 0 spiro atoms. The van der Waals surface area contributed by atoms with Crippen LogP contribution in [0.3, 0.4) is 0 Å². The zero-order valence-electron chi connectivity index (χ0n) is 17.9. The molecule has 0 radical (unpaired) electrons. The quantitative estimate of drug-likeness (QED) is 0.101. The number of H-pyrrole nitrogens is 1. The van der Waals surface area contributed by atoms with Gasteiger partial charge in [0.25, 0.3) is 5.56 Å². The van der Waals surface area contributed by atoms with Crippen LogP contribution in [-0.2, 0) is 32.0 Å². The Kier molecular flexibility index (Phi) is 9.39. The first kappa shape index (κ1) is 29.6. The maximum absolute atomic E-state index is 12.2. The number of nitrogens with zero attached hydrogens (tertiary/aromatic N) is 1. The van der Waals surface area contributed by atoms with E-state index in [9.17, 15) is 49.2 Å². The van der Waals surface area contributed by atoms with E-state index in [0.717, 1.165) is 10.6 Å². The van der Waals surface area contributed by atoms with Gasteiger partial charge in [-0.3, -0.25) is 23.4 Å². The second-order valence-electron chi connectivity index (χ2n) is 7.68. The number of aliphatic hydroxyl groups is 6. The summed E-state index contributed by atoms with van der Waals surface area (Å²) in [5.74, 6) is 0. The number of phosphoric acid groups is 2. The van der Waals surface area contributed by atoms with Crippen LogP contribution in [0, 0.1) is 4.77 Å². The Hall–Kier alpha value is -0.960. The smallest absolute Gasteiger partial charge is 0.394 e. The molecule has 3 rings (SSSR count). The van der Waals surface area contributed by atoms with Crippen molar-refractivity contribution in [2.45, 2.75) is 55.2 Å². The highest BCUT2D eigenvalue weighted by Gasteiger charge is 2.49. The highest BCUT2D eigenvalue weighted by Crippen LogP contribution is 2.61. The molecule has 0 aliphatic carbocycles. The Balaban J connectivity index is 1.61. The van der Waals surface area contributed by atoms with E-state index >= 15 is 0 Å². The minimum Gasteiger partial charge on any atom is -0.394 e. The van der Waals surface area contributed by atoms with Crippen LogP contribution in [-0.4, -0.2) is 112 Å². The van der Waals surface area contributed by atoms with Crippen LogP contribution in [0.4, 0.5) is 0 Å². The average molecular weight is 582 g/mol. The number of aromatic amines is 1. The third-order valence-electron chi connectivity index (χ3n) is 5.16. The van der Waals surface area contributed by atoms with Gasteiger partial charge in [-0.2, -0.15) is 4.31 Å². The molecule has 206 valence electrons. The molecule has 2 fully saturated rings. The summed E-state index contributed by atoms with van der Waals surface area (Å²) in [5.41, 5.74) is -0.540. The van der Waals surface area contributed by atoms with Crippen LogP contribution in [0.2, 0.25) is 0 Å². The molecule has 9 N–H and O–H groups in total. The summed E-state index contributed by atoms with van der Waals surface area (Å²) in [4.78, 5) is 33.2. The molecule has 0 aromatic carbocycles. The van der Waals surface area contributed by atoms with E-state index < -0.39 is 89.7 Å². The van der Waals surface area contributed by atoms with Crippen molar-refractivity contribution in [3.8, 4) is 0 Å². The van der Waals surface area contributed by atoms with Gasteiger partial charge in [-0.05, 0) is 12.2 Å². The maximum atomic E-state index is 12.2. The van der Waals surface area contributed by atoms with Gasteiger partial charge in [0.05, 0.1) is 13.2 Å². The monoisotopic (exact) mass is 582 g/mol. The van der Waals surface area contributed by atoms with Gasteiger partial charge in [-0.1, -0.05) is 0 Å². The van der Waals surface area contributed by atoms with Crippen LogP contribution in [0.15, 0.2) is 17.1 Å². The number of nitrogens with one attached hydrogen (secondary N) is 1. The lowest BCUT2D eigenvalue weighted by molar-refractivity contribution is -0.280. The SMILES string of the molecule is O=c1ccn([C@@H]2O[C@H](COP(=O)(O)OP(=O)(O)O[C@H]3O[C@H](CO)[C@@H](O)[C@H](O)[C@H]3O)[C@@H](O)[C@H]2O)c(=S)[nH]1. The van der Waals surface area contributed by atoms with Crippen molar-refractivity contribution >= 4 is 27.9 Å². The lowest BCUT2D eigenvalue weighted by atomic mass is 10.00. The Morgan fingerprint density at radius 3 is 2.22 bits per heavy atom. The Morgan fingerprint density at radius 1 is 0.972 bits per heavy atom. The summed E-state index contributed by atoms with van der Waals surface area (Å²) in [6, 6.07) is 1.06. The molecule has 1 aromatic rings. The molecule has 36 heavy (non-hydrogen) atoms. The molecule has 2 aliphatic heterocycles. The summed E-state index contributed by atoms with van der Waals surface area (Å²) in [6.07, 6.45) is -14.6. The molecule has 2 unspecified atom stereocenters. The Labute approximate surface area is 206 Å². The molecule has 0 bridgehead atoms. The summed E-state index contributed by atoms with van der Waals surface area (Å²) in [7, 11) is -11.0. The summed E-state index contributed by atoms with van der Waals surface area (Å²) in [5, 5.41) is 58.8. The topological polar surface area (TPSA) is 280 Å². The number of aromatic nitrogens is 2. The molecule has 3 heterocycles. The number of hydrogen-bond acceptors (Lipinski definition) is 15. The van der Waals surface area contributed by atoms with E-state index in [4.69, 9.17) is 26.8 Å². The molecular formula is C15H24N2O16P2S. The molecule has 2 saturated heterocycles. The van der Waals surface area contributed by atoms with Crippen LogP contribution >= 0.6 is 27.9 Å². The van der Waals surface area contributed by atoms with Gasteiger partial charge in [0.15, 0.2) is 17.3 Å². The lowest BCUT2D eigenvalue weighted by Crippen LogP contribution is -2.58. The molecule has 2 aliphatic rings. The predicted octanol–water partition coefficient (Wildman–Crippen LogP) is -3.42. The van der Waals surface area contributed by atoms with Crippen molar-refractivity contribution in [1.82, 2.24) is 9.55 Å². The number of ether oxygens (including phenoxy) is 2. The fourth-order valence-corrected chi connectivity index (χ4v) is 5.77. The van der Waals surface area contributed by atoms with Crippen molar-refractivity contribution < 1.29 is 72.4 Å². The van der Waals surface area contributed by atoms with Crippen molar-refractivity contribution in [3.05, 3.63) is 27.4 Å². The van der Waals surface area contributed by atoms with Crippen molar-refractivity contribution in [1.29, 1.82) is 0 Å². The fourth-order valence-electron chi connectivity index (χ4n) is 3.35. The molecule has 0 saturated carbocycles. The Morgan fingerprint density at radius 2 is 1.61 bits per heavy atom. The number of hydrogen-bond donors (Lipinski definition) is 9. The van der Waals surface area contributed by atoms with E-state index in [2.05, 4.69) is 18.3 Å². The van der Waals surface area contributed by atoms with Gasteiger partial charge >= 0.3 is 15.6 Å². The molecule has 21 heteroatoms. The van der Waals surface area contributed by atoms with Crippen LogP contribution in [0.1, 0.15) is 6.23 Å². The first-order valence-corrected chi connectivity index (χ1v) is 13.4. The molecule has 1 aromatic heterocycles. The third kappa shape index (κ3) is 6.72. The number of rotatable bonds is 9. The van der Waals surface area contributed by atoms with E-state index in [-0.39, 0.29) is 4.77 Å².